The summed E-state index contributed by atoms with van der Waals surface area (Å²) in [5.41, 5.74) is -0.647. The van der Waals surface area contributed by atoms with Gasteiger partial charge in [-0.25, -0.2) is 0 Å². The van der Waals surface area contributed by atoms with Gasteiger partial charge in [0, 0.05) is 6.54 Å². The van der Waals surface area contributed by atoms with E-state index in [1.165, 1.54) is 6.42 Å². The van der Waals surface area contributed by atoms with Crippen molar-refractivity contribution in [2.75, 3.05) is 13.2 Å². The highest BCUT2D eigenvalue weighted by Gasteiger charge is 2.33. The van der Waals surface area contributed by atoms with Gasteiger partial charge in [0.2, 0.25) is 0 Å². The molecule has 4 nitrogen and oxygen atoms in total. The minimum atomic E-state index is -0.647. The van der Waals surface area contributed by atoms with E-state index in [1.54, 1.807) is 0 Å². The zero-order chi connectivity index (χ0) is 14.3. The molecule has 1 aliphatic carbocycles. The predicted octanol–water partition coefficient (Wildman–Crippen LogP) is 2.25. The third-order valence-corrected chi connectivity index (χ3v) is 4.27. The molecule has 0 saturated heterocycles. The number of rotatable bonds is 7. The molecule has 19 heavy (non-hydrogen) atoms. The summed E-state index contributed by atoms with van der Waals surface area (Å²) >= 11 is 0. The molecule has 0 spiro atoms. The number of nitrogens with one attached hydrogen (secondary N) is 1. The topological polar surface area (TPSA) is 58.6 Å². The monoisotopic (exact) mass is 271 g/mol. The highest BCUT2D eigenvalue weighted by molar-refractivity contribution is 5.75. The van der Waals surface area contributed by atoms with Gasteiger partial charge in [-0.2, -0.15) is 0 Å². The van der Waals surface area contributed by atoms with Crippen LogP contribution in [-0.4, -0.2) is 35.9 Å². The molecule has 1 fully saturated rings. The van der Waals surface area contributed by atoms with Crippen LogP contribution in [0.5, 0.6) is 0 Å². The number of aliphatic hydroxyl groups is 1. The number of ether oxygens (including phenoxy) is 1. The third kappa shape index (κ3) is 5.11. The lowest BCUT2D eigenvalue weighted by molar-refractivity contribution is -0.146. The third-order valence-electron chi connectivity index (χ3n) is 4.27. The summed E-state index contributed by atoms with van der Waals surface area (Å²) in [6, 6.07) is -0.298. The van der Waals surface area contributed by atoms with E-state index in [2.05, 4.69) is 12.2 Å². The Hall–Kier alpha value is -0.610. The summed E-state index contributed by atoms with van der Waals surface area (Å²) in [5, 5.41) is 13.7. The van der Waals surface area contributed by atoms with E-state index in [0.717, 1.165) is 31.6 Å². The average Bonchev–Trinajstić information content (AvgIpc) is 2.40. The quantitative estimate of drug-likeness (QED) is 0.697. The van der Waals surface area contributed by atoms with Crippen molar-refractivity contribution in [2.24, 2.45) is 5.92 Å². The van der Waals surface area contributed by atoms with Crippen LogP contribution < -0.4 is 5.32 Å². The van der Waals surface area contributed by atoms with Crippen LogP contribution in [0.25, 0.3) is 0 Å². The van der Waals surface area contributed by atoms with E-state index in [-0.39, 0.29) is 12.0 Å². The molecule has 0 radical (unpaired) electrons. The van der Waals surface area contributed by atoms with Gasteiger partial charge in [-0.05, 0) is 44.9 Å². The van der Waals surface area contributed by atoms with E-state index >= 15 is 0 Å². The molecule has 0 aromatic rings. The maximum Gasteiger partial charge on any atom is 0.323 e. The first kappa shape index (κ1) is 16.4. The summed E-state index contributed by atoms with van der Waals surface area (Å²) in [5.74, 6) is 0.545. The van der Waals surface area contributed by atoms with Crippen LogP contribution in [0.2, 0.25) is 0 Å². The molecule has 1 saturated carbocycles. The molecule has 0 heterocycles. The molecule has 4 heteroatoms. The van der Waals surface area contributed by atoms with Crippen LogP contribution in [0.15, 0.2) is 0 Å². The molecule has 0 aromatic carbocycles. The molecule has 0 bridgehead atoms. The van der Waals surface area contributed by atoms with E-state index in [4.69, 9.17) is 4.74 Å². The Morgan fingerprint density at radius 2 is 2.00 bits per heavy atom. The van der Waals surface area contributed by atoms with E-state index in [1.807, 2.05) is 13.8 Å². The fraction of sp³-hybridized carbons (Fsp3) is 0.933. The van der Waals surface area contributed by atoms with Gasteiger partial charge in [0.25, 0.3) is 0 Å². The van der Waals surface area contributed by atoms with E-state index in [9.17, 15) is 9.90 Å². The highest BCUT2D eigenvalue weighted by atomic mass is 16.5. The van der Waals surface area contributed by atoms with Crippen LogP contribution in [0, 0.1) is 5.92 Å². The first-order valence-corrected chi connectivity index (χ1v) is 7.67. The Bertz CT molecular complexity index is 273. The van der Waals surface area contributed by atoms with Gasteiger partial charge in [-0.1, -0.05) is 20.3 Å². The zero-order valence-corrected chi connectivity index (χ0v) is 12.6. The fourth-order valence-corrected chi connectivity index (χ4v) is 2.75. The highest BCUT2D eigenvalue weighted by Crippen LogP contribution is 2.33. The van der Waals surface area contributed by atoms with Gasteiger partial charge in [0.05, 0.1) is 12.2 Å². The lowest BCUT2D eigenvalue weighted by Crippen LogP contribution is -2.49. The molecule has 0 aliphatic heterocycles. The summed E-state index contributed by atoms with van der Waals surface area (Å²) in [7, 11) is 0. The molecule has 0 amide bonds. The van der Waals surface area contributed by atoms with Crippen molar-refractivity contribution in [3.05, 3.63) is 0 Å². The fourth-order valence-electron chi connectivity index (χ4n) is 2.75. The van der Waals surface area contributed by atoms with Crippen molar-refractivity contribution in [1.82, 2.24) is 5.32 Å². The van der Waals surface area contributed by atoms with Crippen molar-refractivity contribution >= 4 is 5.97 Å². The average molecular weight is 271 g/mol. The molecule has 112 valence electrons. The minimum absolute atomic E-state index is 0.212. The second-order valence-corrected chi connectivity index (χ2v) is 5.67. The number of carbonyl (C=O) groups excluding carboxylic acids is 1. The zero-order valence-electron chi connectivity index (χ0n) is 12.6. The summed E-state index contributed by atoms with van der Waals surface area (Å²) in [4.78, 5) is 11.7. The molecule has 1 rings (SSSR count). The first-order chi connectivity index (χ1) is 9.04. The molecular weight excluding hydrogens is 242 g/mol. The van der Waals surface area contributed by atoms with Gasteiger partial charge < -0.3 is 15.2 Å². The molecule has 1 aliphatic rings. The van der Waals surface area contributed by atoms with Gasteiger partial charge in [-0.3, -0.25) is 4.79 Å². The lowest BCUT2D eigenvalue weighted by Gasteiger charge is -2.36. The second kappa shape index (κ2) is 7.85. The molecule has 1 unspecified atom stereocenters. The largest absolute Gasteiger partial charge is 0.465 e. The minimum Gasteiger partial charge on any atom is -0.465 e. The SMILES string of the molecule is CCOC(=O)C(CC)NCC1(O)CCC(CC)CC1. The van der Waals surface area contributed by atoms with Crippen molar-refractivity contribution < 1.29 is 14.6 Å². The smallest absolute Gasteiger partial charge is 0.323 e. The number of hydrogen-bond acceptors (Lipinski definition) is 4. The summed E-state index contributed by atoms with van der Waals surface area (Å²) < 4.78 is 5.02. The van der Waals surface area contributed by atoms with E-state index < -0.39 is 5.60 Å². The van der Waals surface area contributed by atoms with Crippen LogP contribution in [0.1, 0.15) is 59.3 Å². The first-order valence-electron chi connectivity index (χ1n) is 7.67. The Morgan fingerprint density at radius 1 is 1.37 bits per heavy atom. The molecule has 2 N–H and O–H groups in total. The van der Waals surface area contributed by atoms with Gasteiger partial charge >= 0.3 is 5.97 Å². The number of esters is 1. The summed E-state index contributed by atoms with van der Waals surface area (Å²) in [6.45, 7) is 6.86. The maximum atomic E-state index is 11.7. The molecule has 0 aromatic heterocycles. The van der Waals surface area contributed by atoms with Crippen LogP contribution >= 0.6 is 0 Å². The Kier molecular flexibility index (Phi) is 6.80. The molecule has 1 atom stereocenters. The van der Waals surface area contributed by atoms with Crippen molar-refractivity contribution in [3.63, 3.8) is 0 Å². The normalized spacial score (nSPS) is 28.9. The van der Waals surface area contributed by atoms with Crippen LogP contribution in [-0.2, 0) is 9.53 Å². The van der Waals surface area contributed by atoms with Gasteiger partial charge in [-0.15, -0.1) is 0 Å². The van der Waals surface area contributed by atoms with Crippen LogP contribution in [0.4, 0.5) is 0 Å². The van der Waals surface area contributed by atoms with Crippen LogP contribution in [0.3, 0.4) is 0 Å². The summed E-state index contributed by atoms with van der Waals surface area (Å²) in [6.07, 6.45) is 5.72. The van der Waals surface area contributed by atoms with Crippen molar-refractivity contribution in [3.8, 4) is 0 Å². The Labute approximate surface area is 116 Å². The lowest BCUT2D eigenvalue weighted by atomic mass is 9.78. The number of hydrogen-bond donors (Lipinski definition) is 2. The maximum absolute atomic E-state index is 11.7. The van der Waals surface area contributed by atoms with Crippen molar-refractivity contribution in [2.45, 2.75) is 70.9 Å². The Morgan fingerprint density at radius 3 is 2.47 bits per heavy atom. The predicted molar refractivity (Wildman–Crippen MR) is 75.9 cm³/mol. The second-order valence-electron chi connectivity index (χ2n) is 5.67. The van der Waals surface area contributed by atoms with Crippen molar-refractivity contribution in [1.29, 1.82) is 0 Å². The standard InChI is InChI=1S/C15H29NO3/c1-4-12-7-9-15(18,10-8-12)11-16-13(5-2)14(17)19-6-3/h12-13,16,18H,4-11H2,1-3H3. The Balaban J connectivity index is 2.39. The molecular formula is C15H29NO3. The van der Waals surface area contributed by atoms with E-state index in [0.29, 0.717) is 19.6 Å². The van der Waals surface area contributed by atoms with Gasteiger partial charge in [0.1, 0.15) is 6.04 Å². The number of carbonyl (C=O) groups is 1. The van der Waals surface area contributed by atoms with Gasteiger partial charge in [0.15, 0.2) is 0 Å².